The molecular formula is C9H10Br2O4. The Labute approximate surface area is 104 Å². The molecule has 0 aromatic carbocycles. The highest BCUT2D eigenvalue weighted by Crippen LogP contribution is 2.31. The number of hydrogen-bond acceptors (Lipinski definition) is 4. The molecule has 0 unspecified atom stereocenters. The molecule has 2 aliphatic rings. The van der Waals surface area contributed by atoms with Crippen LogP contribution in [0.3, 0.4) is 0 Å². The molecule has 0 aromatic rings. The number of hydrogen-bond donors (Lipinski definition) is 1. The third kappa shape index (κ3) is 2.61. The summed E-state index contributed by atoms with van der Waals surface area (Å²) in [7, 11) is 0. The quantitative estimate of drug-likeness (QED) is 0.733. The van der Waals surface area contributed by atoms with Crippen LogP contribution in [0.2, 0.25) is 0 Å². The van der Waals surface area contributed by atoms with Crippen molar-refractivity contribution >= 4 is 37.8 Å². The second-order valence-electron chi connectivity index (χ2n) is 3.63. The van der Waals surface area contributed by atoms with E-state index in [1.54, 1.807) is 6.08 Å². The topological polar surface area (TPSA) is 55.8 Å². The van der Waals surface area contributed by atoms with Crippen molar-refractivity contribution in [2.45, 2.75) is 37.3 Å². The van der Waals surface area contributed by atoms with Crippen LogP contribution in [0.4, 0.5) is 0 Å². The zero-order chi connectivity index (χ0) is 11.0. The highest BCUT2D eigenvalue weighted by Gasteiger charge is 2.43. The summed E-state index contributed by atoms with van der Waals surface area (Å²) in [5.74, 6) is -0.250. The molecule has 0 aliphatic carbocycles. The smallest absolute Gasteiger partial charge is 0.308 e. The van der Waals surface area contributed by atoms with Crippen LogP contribution in [0.5, 0.6) is 0 Å². The van der Waals surface area contributed by atoms with Gasteiger partial charge in [-0.2, -0.15) is 0 Å². The van der Waals surface area contributed by atoms with E-state index >= 15 is 0 Å². The number of carbonyl (C=O) groups excluding carboxylic acids is 1. The van der Waals surface area contributed by atoms with E-state index in [0.717, 1.165) is 3.39 Å². The Balaban J connectivity index is 2.06. The highest BCUT2D eigenvalue weighted by atomic mass is 79.9. The average Bonchev–Trinajstić information content (AvgIpc) is 2.44. The molecule has 0 bridgehead atoms. The van der Waals surface area contributed by atoms with E-state index in [-0.39, 0.29) is 24.6 Å². The molecule has 0 amide bonds. The summed E-state index contributed by atoms with van der Waals surface area (Å²) in [4.78, 5) is 11.0. The summed E-state index contributed by atoms with van der Waals surface area (Å²) in [6, 6.07) is 0. The van der Waals surface area contributed by atoms with Gasteiger partial charge in [0.2, 0.25) is 0 Å². The molecule has 0 spiro atoms. The summed E-state index contributed by atoms with van der Waals surface area (Å²) in [6.07, 6.45) is 0.903. The fourth-order valence-electron chi connectivity index (χ4n) is 1.86. The van der Waals surface area contributed by atoms with Gasteiger partial charge in [-0.05, 0) is 37.9 Å². The number of aliphatic hydroxyl groups is 1. The molecule has 2 aliphatic heterocycles. The predicted octanol–water partition coefficient (Wildman–Crippen LogP) is 1.45. The average molecular weight is 342 g/mol. The Bertz CT molecular complexity index is 300. The first-order valence-electron chi connectivity index (χ1n) is 4.62. The molecule has 0 aromatic heterocycles. The molecule has 2 fully saturated rings. The SMILES string of the molecule is O=C1C[C@H]2O[C@H](C=C(Br)Br)[C@H](O)C[C@H]2O1. The fourth-order valence-corrected chi connectivity index (χ4v) is 2.38. The zero-order valence-corrected chi connectivity index (χ0v) is 10.9. The van der Waals surface area contributed by atoms with E-state index in [1.807, 2.05) is 0 Å². The van der Waals surface area contributed by atoms with Gasteiger partial charge in [0, 0.05) is 6.42 Å². The number of halogens is 2. The minimum absolute atomic E-state index is 0.221. The van der Waals surface area contributed by atoms with Gasteiger partial charge in [-0.1, -0.05) is 0 Å². The molecule has 0 radical (unpaired) electrons. The number of fused-ring (bicyclic) bond motifs is 1. The molecule has 4 atom stereocenters. The second-order valence-corrected chi connectivity index (χ2v) is 6.40. The molecule has 84 valence electrons. The summed E-state index contributed by atoms with van der Waals surface area (Å²) >= 11 is 6.42. The van der Waals surface area contributed by atoms with Gasteiger partial charge in [0.05, 0.1) is 15.9 Å². The van der Waals surface area contributed by atoms with E-state index in [2.05, 4.69) is 31.9 Å². The van der Waals surface area contributed by atoms with Gasteiger partial charge in [0.25, 0.3) is 0 Å². The van der Waals surface area contributed by atoms with Crippen molar-refractivity contribution in [1.29, 1.82) is 0 Å². The van der Waals surface area contributed by atoms with Gasteiger partial charge >= 0.3 is 5.97 Å². The van der Waals surface area contributed by atoms with Gasteiger partial charge in [0.15, 0.2) is 0 Å². The summed E-state index contributed by atoms with van der Waals surface area (Å²) in [5.41, 5.74) is 0. The Kier molecular flexibility index (Phi) is 3.49. The summed E-state index contributed by atoms with van der Waals surface area (Å²) in [5, 5.41) is 9.75. The van der Waals surface area contributed by atoms with Crippen molar-refractivity contribution in [3.8, 4) is 0 Å². The molecule has 2 rings (SSSR count). The molecule has 2 saturated heterocycles. The summed E-state index contributed by atoms with van der Waals surface area (Å²) < 4.78 is 11.3. The van der Waals surface area contributed by atoms with Crippen LogP contribution in [0, 0.1) is 0 Å². The predicted molar refractivity (Wildman–Crippen MR) is 59.7 cm³/mol. The Morgan fingerprint density at radius 2 is 2.20 bits per heavy atom. The van der Waals surface area contributed by atoms with E-state index in [0.29, 0.717) is 6.42 Å². The maximum absolute atomic E-state index is 11.0. The lowest BCUT2D eigenvalue weighted by atomic mass is 9.98. The highest BCUT2D eigenvalue weighted by molar-refractivity contribution is 9.28. The maximum atomic E-state index is 11.0. The number of carbonyl (C=O) groups is 1. The van der Waals surface area contributed by atoms with Crippen LogP contribution < -0.4 is 0 Å². The van der Waals surface area contributed by atoms with Gasteiger partial charge in [0.1, 0.15) is 18.3 Å². The lowest BCUT2D eigenvalue weighted by Crippen LogP contribution is -2.44. The largest absolute Gasteiger partial charge is 0.459 e. The van der Waals surface area contributed by atoms with E-state index in [4.69, 9.17) is 9.47 Å². The Morgan fingerprint density at radius 1 is 1.47 bits per heavy atom. The first kappa shape index (κ1) is 11.6. The monoisotopic (exact) mass is 340 g/mol. The molecule has 15 heavy (non-hydrogen) atoms. The third-order valence-electron chi connectivity index (χ3n) is 2.54. The zero-order valence-electron chi connectivity index (χ0n) is 7.73. The van der Waals surface area contributed by atoms with Crippen LogP contribution in [-0.4, -0.2) is 35.5 Å². The number of esters is 1. The van der Waals surface area contributed by atoms with Crippen molar-refractivity contribution in [1.82, 2.24) is 0 Å². The molecule has 2 heterocycles. The molecule has 1 N–H and O–H groups in total. The van der Waals surface area contributed by atoms with Gasteiger partial charge in [-0.15, -0.1) is 0 Å². The minimum Gasteiger partial charge on any atom is -0.459 e. The van der Waals surface area contributed by atoms with Crippen molar-refractivity contribution in [2.24, 2.45) is 0 Å². The number of aliphatic hydroxyl groups excluding tert-OH is 1. The number of ether oxygens (including phenoxy) is 2. The third-order valence-corrected chi connectivity index (χ3v) is 3.07. The molecule has 6 heteroatoms. The van der Waals surface area contributed by atoms with Crippen molar-refractivity contribution in [2.75, 3.05) is 0 Å². The molecule has 4 nitrogen and oxygen atoms in total. The van der Waals surface area contributed by atoms with Crippen LogP contribution in [0.15, 0.2) is 9.47 Å². The number of rotatable bonds is 1. The van der Waals surface area contributed by atoms with Crippen molar-refractivity contribution in [3.63, 3.8) is 0 Å². The van der Waals surface area contributed by atoms with Crippen molar-refractivity contribution in [3.05, 3.63) is 9.47 Å². The lowest BCUT2D eigenvalue weighted by molar-refractivity contribution is -0.152. The Morgan fingerprint density at radius 3 is 2.87 bits per heavy atom. The van der Waals surface area contributed by atoms with E-state index in [1.165, 1.54) is 0 Å². The van der Waals surface area contributed by atoms with Crippen LogP contribution in [-0.2, 0) is 14.3 Å². The first-order chi connectivity index (χ1) is 7.06. The standard InChI is InChI=1S/C9H10Br2O4/c10-8(11)2-5-4(12)1-6-7(14-5)3-9(13)15-6/h2,4-7,12H,1,3H2/t4-,5-,6-,7-/m1/s1. The van der Waals surface area contributed by atoms with E-state index < -0.39 is 12.2 Å². The summed E-state index contributed by atoms with van der Waals surface area (Å²) in [6.45, 7) is 0. The normalized spacial score (nSPS) is 39.5. The van der Waals surface area contributed by atoms with Gasteiger partial charge < -0.3 is 14.6 Å². The lowest BCUT2D eigenvalue weighted by Gasteiger charge is -2.33. The Hall–Kier alpha value is 0.0900. The van der Waals surface area contributed by atoms with Crippen LogP contribution in [0.1, 0.15) is 12.8 Å². The van der Waals surface area contributed by atoms with Gasteiger partial charge in [-0.25, -0.2) is 0 Å². The first-order valence-corrected chi connectivity index (χ1v) is 6.20. The van der Waals surface area contributed by atoms with Crippen molar-refractivity contribution < 1.29 is 19.4 Å². The van der Waals surface area contributed by atoms with Crippen LogP contribution in [0.25, 0.3) is 0 Å². The second kappa shape index (κ2) is 4.53. The van der Waals surface area contributed by atoms with E-state index in [9.17, 15) is 9.90 Å². The fraction of sp³-hybridized carbons (Fsp3) is 0.667. The van der Waals surface area contributed by atoms with Crippen LogP contribution >= 0.6 is 31.9 Å². The van der Waals surface area contributed by atoms with Gasteiger partial charge in [-0.3, -0.25) is 4.79 Å². The maximum Gasteiger partial charge on any atom is 0.308 e. The molecule has 0 saturated carbocycles. The minimum atomic E-state index is -0.637. The molecular weight excluding hydrogens is 332 g/mol.